The zero-order chi connectivity index (χ0) is 21.4. The molecule has 2 fully saturated rings. The standard InChI is InChI=1S/C24H24ClN3O3/c1-30-20-7-3-2-6-19(20)21-26-22(31-27-21)16-14-28(15-16)23(29)24(12-4-5-13-24)17-8-10-18(25)11-9-17/h2-3,6-11,16H,4-5,12-15H2,1H3. The molecule has 0 N–H and O–H groups in total. The van der Waals surface area contributed by atoms with Gasteiger partial charge in [0.15, 0.2) is 0 Å². The summed E-state index contributed by atoms with van der Waals surface area (Å²) in [5, 5.41) is 4.82. The average molecular weight is 438 g/mol. The first-order valence-electron chi connectivity index (χ1n) is 10.6. The van der Waals surface area contributed by atoms with Crippen LogP contribution in [0.5, 0.6) is 5.75 Å². The number of aromatic nitrogens is 2. The van der Waals surface area contributed by atoms with Crippen molar-refractivity contribution in [2.75, 3.05) is 20.2 Å². The van der Waals surface area contributed by atoms with Crippen LogP contribution in [0.15, 0.2) is 53.1 Å². The number of para-hydroxylation sites is 1. The van der Waals surface area contributed by atoms with E-state index in [4.69, 9.17) is 20.9 Å². The van der Waals surface area contributed by atoms with Crippen LogP contribution in [0.1, 0.15) is 43.1 Å². The number of methoxy groups -OCH3 is 1. The fraction of sp³-hybridized carbons (Fsp3) is 0.375. The molecule has 1 amide bonds. The van der Waals surface area contributed by atoms with E-state index in [0.29, 0.717) is 35.6 Å². The van der Waals surface area contributed by atoms with Crippen molar-refractivity contribution in [2.45, 2.75) is 37.0 Å². The topological polar surface area (TPSA) is 68.5 Å². The molecule has 7 heteroatoms. The van der Waals surface area contributed by atoms with Crippen molar-refractivity contribution >= 4 is 17.5 Å². The Labute approximate surface area is 186 Å². The lowest BCUT2D eigenvalue weighted by molar-refractivity contribution is -0.142. The third-order valence-corrected chi connectivity index (χ3v) is 6.82. The fourth-order valence-corrected chi connectivity index (χ4v) is 4.94. The van der Waals surface area contributed by atoms with E-state index in [2.05, 4.69) is 10.1 Å². The van der Waals surface area contributed by atoms with Crippen molar-refractivity contribution in [3.05, 3.63) is 65.0 Å². The molecule has 160 valence electrons. The van der Waals surface area contributed by atoms with Crippen LogP contribution in [-0.4, -0.2) is 41.1 Å². The first-order valence-corrected chi connectivity index (χ1v) is 11.0. The highest BCUT2D eigenvalue weighted by Gasteiger charge is 2.48. The van der Waals surface area contributed by atoms with E-state index in [-0.39, 0.29) is 11.8 Å². The molecular formula is C24H24ClN3O3. The number of halogens is 1. The van der Waals surface area contributed by atoms with Crippen LogP contribution < -0.4 is 4.74 Å². The van der Waals surface area contributed by atoms with Gasteiger partial charge in [-0.1, -0.05) is 53.9 Å². The molecule has 1 aliphatic carbocycles. The second kappa shape index (κ2) is 8.00. The summed E-state index contributed by atoms with van der Waals surface area (Å²) < 4.78 is 10.9. The molecule has 0 atom stereocenters. The number of carbonyl (C=O) groups excluding carboxylic acids is 1. The lowest BCUT2D eigenvalue weighted by atomic mass is 9.76. The molecule has 2 heterocycles. The zero-order valence-corrected chi connectivity index (χ0v) is 18.1. The molecule has 3 aromatic rings. The van der Waals surface area contributed by atoms with Gasteiger partial charge in [0.25, 0.3) is 0 Å². The van der Waals surface area contributed by atoms with E-state index >= 15 is 0 Å². The number of likely N-dealkylation sites (tertiary alicyclic amines) is 1. The molecule has 1 saturated carbocycles. The van der Waals surface area contributed by atoms with Gasteiger partial charge in [-0.15, -0.1) is 0 Å². The smallest absolute Gasteiger partial charge is 0.233 e. The van der Waals surface area contributed by atoms with Crippen molar-refractivity contribution in [1.82, 2.24) is 15.0 Å². The second-order valence-electron chi connectivity index (χ2n) is 8.36. The van der Waals surface area contributed by atoms with Gasteiger partial charge >= 0.3 is 0 Å². The maximum absolute atomic E-state index is 13.5. The van der Waals surface area contributed by atoms with E-state index in [1.165, 1.54) is 0 Å². The van der Waals surface area contributed by atoms with Crippen LogP contribution in [-0.2, 0) is 10.2 Å². The Balaban J connectivity index is 1.31. The second-order valence-corrected chi connectivity index (χ2v) is 8.80. The Morgan fingerprint density at radius 2 is 1.84 bits per heavy atom. The highest BCUT2D eigenvalue weighted by Crippen LogP contribution is 2.44. The highest BCUT2D eigenvalue weighted by atomic mass is 35.5. The maximum Gasteiger partial charge on any atom is 0.233 e. The van der Waals surface area contributed by atoms with Gasteiger partial charge in [-0.25, -0.2) is 0 Å². The van der Waals surface area contributed by atoms with E-state index in [1.807, 2.05) is 53.4 Å². The Hall–Kier alpha value is -2.86. The number of hydrogen-bond donors (Lipinski definition) is 0. The Morgan fingerprint density at radius 3 is 2.55 bits per heavy atom. The van der Waals surface area contributed by atoms with Crippen LogP contribution in [0.3, 0.4) is 0 Å². The van der Waals surface area contributed by atoms with Gasteiger partial charge in [0.05, 0.1) is 24.0 Å². The maximum atomic E-state index is 13.5. The number of benzene rings is 2. The van der Waals surface area contributed by atoms with Crippen molar-refractivity contribution < 1.29 is 14.1 Å². The van der Waals surface area contributed by atoms with Crippen LogP contribution in [0, 0.1) is 0 Å². The molecule has 0 unspecified atom stereocenters. The molecule has 0 radical (unpaired) electrons. The summed E-state index contributed by atoms with van der Waals surface area (Å²) in [6, 6.07) is 15.3. The van der Waals surface area contributed by atoms with Crippen molar-refractivity contribution in [2.24, 2.45) is 0 Å². The van der Waals surface area contributed by atoms with Gasteiger partial charge < -0.3 is 14.2 Å². The van der Waals surface area contributed by atoms with Gasteiger partial charge in [-0.2, -0.15) is 4.98 Å². The lowest BCUT2D eigenvalue weighted by Crippen LogP contribution is -2.55. The predicted octanol–water partition coefficient (Wildman–Crippen LogP) is 4.84. The molecule has 31 heavy (non-hydrogen) atoms. The number of rotatable bonds is 5. The molecule has 5 rings (SSSR count). The largest absolute Gasteiger partial charge is 0.496 e. The van der Waals surface area contributed by atoms with Crippen LogP contribution in [0.4, 0.5) is 0 Å². The summed E-state index contributed by atoms with van der Waals surface area (Å²) in [5.41, 5.74) is 1.42. The van der Waals surface area contributed by atoms with Crippen molar-refractivity contribution in [3.63, 3.8) is 0 Å². The monoisotopic (exact) mass is 437 g/mol. The normalized spacial score (nSPS) is 18.1. The van der Waals surface area contributed by atoms with Crippen molar-refractivity contribution in [1.29, 1.82) is 0 Å². The molecule has 2 aliphatic rings. The molecule has 1 saturated heterocycles. The molecular weight excluding hydrogens is 414 g/mol. The molecule has 6 nitrogen and oxygen atoms in total. The number of carbonyl (C=O) groups is 1. The first-order chi connectivity index (χ1) is 15.1. The fourth-order valence-electron chi connectivity index (χ4n) is 4.82. The Morgan fingerprint density at radius 1 is 1.13 bits per heavy atom. The average Bonchev–Trinajstić information content (AvgIpc) is 3.44. The van der Waals surface area contributed by atoms with Gasteiger partial charge in [-0.05, 0) is 42.7 Å². The van der Waals surface area contributed by atoms with Gasteiger partial charge in [-0.3, -0.25) is 4.79 Å². The van der Waals surface area contributed by atoms with E-state index in [9.17, 15) is 4.79 Å². The minimum atomic E-state index is -0.438. The van der Waals surface area contributed by atoms with Crippen LogP contribution >= 0.6 is 11.6 Å². The number of hydrogen-bond acceptors (Lipinski definition) is 5. The molecule has 1 aromatic heterocycles. The lowest BCUT2D eigenvalue weighted by Gasteiger charge is -2.43. The predicted molar refractivity (Wildman–Crippen MR) is 117 cm³/mol. The first kappa shape index (κ1) is 20.1. The molecule has 0 bridgehead atoms. The van der Waals surface area contributed by atoms with Crippen LogP contribution in [0.25, 0.3) is 11.4 Å². The van der Waals surface area contributed by atoms with E-state index < -0.39 is 5.41 Å². The van der Waals surface area contributed by atoms with Gasteiger partial charge in [0.1, 0.15) is 5.75 Å². The van der Waals surface area contributed by atoms with E-state index in [1.54, 1.807) is 7.11 Å². The van der Waals surface area contributed by atoms with Gasteiger partial charge in [0.2, 0.25) is 17.6 Å². The number of ether oxygens (including phenoxy) is 1. The Bertz CT molecular complexity index is 1080. The molecule has 1 aliphatic heterocycles. The molecule has 0 spiro atoms. The summed E-state index contributed by atoms with van der Waals surface area (Å²) in [6.07, 6.45) is 3.90. The third kappa shape index (κ3) is 3.49. The quantitative estimate of drug-likeness (QED) is 0.571. The summed E-state index contributed by atoms with van der Waals surface area (Å²) in [6.45, 7) is 1.20. The van der Waals surface area contributed by atoms with Crippen molar-refractivity contribution in [3.8, 4) is 17.1 Å². The summed E-state index contributed by atoms with van der Waals surface area (Å²) >= 11 is 6.07. The number of amides is 1. The summed E-state index contributed by atoms with van der Waals surface area (Å²) in [4.78, 5) is 20.0. The van der Waals surface area contributed by atoms with E-state index in [0.717, 1.165) is 36.8 Å². The zero-order valence-electron chi connectivity index (χ0n) is 17.4. The third-order valence-electron chi connectivity index (χ3n) is 6.57. The molecule has 2 aromatic carbocycles. The number of nitrogens with zero attached hydrogens (tertiary/aromatic N) is 3. The highest BCUT2D eigenvalue weighted by molar-refractivity contribution is 6.30. The summed E-state index contributed by atoms with van der Waals surface area (Å²) in [5.74, 6) is 2.03. The van der Waals surface area contributed by atoms with Crippen LogP contribution in [0.2, 0.25) is 5.02 Å². The minimum absolute atomic E-state index is 0.0589. The minimum Gasteiger partial charge on any atom is -0.496 e. The summed E-state index contributed by atoms with van der Waals surface area (Å²) in [7, 11) is 1.62. The van der Waals surface area contributed by atoms with Gasteiger partial charge in [0, 0.05) is 18.1 Å². The Kier molecular flexibility index (Phi) is 5.18. The SMILES string of the molecule is COc1ccccc1-c1noc(C2CN(C(=O)C3(c4ccc(Cl)cc4)CCCC3)C2)n1.